The van der Waals surface area contributed by atoms with Crippen LogP contribution in [0.4, 0.5) is 5.82 Å². The van der Waals surface area contributed by atoms with Gasteiger partial charge < -0.3 is 5.32 Å². The second-order valence-corrected chi connectivity index (χ2v) is 5.60. The minimum absolute atomic E-state index is 0.944. The fourth-order valence-corrected chi connectivity index (χ4v) is 2.66. The van der Waals surface area contributed by atoms with E-state index < -0.39 is 0 Å². The summed E-state index contributed by atoms with van der Waals surface area (Å²) in [5.41, 5.74) is 6.04. The van der Waals surface area contributed by atoms with Gasteiger partial charge in [0.15, 0.2) is 0 Å². The molecule has 1 aromatic carbocycles. The van der Waals surface area contributed by atoms with E-state index in [0.717, 1.165) is 37.3 Å². The van der Waals surface area contributed by atoms with Crippen LogP contribution in [0.1, 0.15) is 43.4 Å². The smallest absolute Gasteiger partial charge is 0.133 e. The van der Waals surface area contributed by atoms with Crippen molar-refractivity contribution in [1.29, 1.82) is 0 Å². The first-order chi connectivity index (χ1) is 10.2. The largest absolute Gasteiger partial charge is 0.370 e. The summed E-state index contributed by atoms with van der Waals surface area (Å²) < 4.78 is 0. The Morgan fingerprint density at radius 3 is 2.29 bits per heavy atom. The second-order valence-electron chi connectivity index (χ2n) is 5.60. The maximum Gasteiger partial charge on any atom is 0.133 e. The molecule has 0 fully saturated rings. The Bertz CT molecular complexity index is 585. The molecule has 0 radical (unpaired) electrons. The molecule has 21 heavy (non-hydrogen) atoms. The van der Waals surface area contributed by atoms with Crippen LogP contribution in [0.2, 0.25) is 0 Å². The van der Waals surface area contributed by atoms with Gasteiger partial charge >= 0.3 is 0 Å². The number of anilines is 1. The summed E-state index contributed by atoms with van der Waals surface area (Å²) in [7, 11) is 0. The molecule has 0 saturated carbocycles. The van der Waals surface area contributed by atoms with Gasteiger partial charge in [-0.3, -0.25) is 0 Å². The van der Waals surface area contributed by atoms with E-state index in [9.17, 15) is 0 Å². The van der Waals surface area contributed by atoms with Crippen LogP contribution < -0.4 is 5.32 Å². The molecule has 0 aliphatic heterocycles. The van der Waals surface area contributed by atoms with Gasteiger partial charge in [0.2, 0.25) is 0 Å². The summed E-state index contributed by atoms with van der Waals surface area (Å²) in [5.74, 6) is 0.989. The molecule has 1 heterocycles. The summed E-state index contributed by atoms with van der Waals surface area (Å²) >= 11 is 0. The number of aryl methyl sites for hydroxylation is 2. The van der Waals surface area contributed by atoms with Gasteiger partial charge in [-0.15, -0.1) is 0 Å². The van der Waals surface area contributed by atoms with E-state index in [0.29, 0.717) is 0 Å². The van der Waals surface area contributed by atoms with E-state index in [2.05, 4.69) is 61.2 Å². The normalized spacial score (nSPS) is 10.7. The zero-order valence-corrected chi connectivity index (χ0v) is 13.5. The predicted molar refractivity (Wildman–Crippen MR) is 89.7 cm³/mol. The quantitative estimate of drug-likeness (QED) is 0.846. The first-order valence-electron chi connectivity index (χ1n) is 7.82. The summed E-state index contributed by atoms with van der Waals surface area (Å²) in [5, 5.41) is 3.44. The Kier molecular flexibility index (Phi) is 5.32. The van der Waals surface area contributed by atoms with Crippen molar-refractivity contribution in [2.75, 3.05) is 11.9 Å². The van der Waals surface area contributed by atoms with Gasteiger partial charge in [0.05, 0.1) is 5.69 Å². The minimum atomic E-state index is 0.944. The lowest BCUT2D eigenvalue weighted by Gasteiger charge is -2.14. The highest BCUT2D eigenvalue weighted by atomic mass is 15.0. The molecule has 0 amide bonds. The fraction of sp³-hybridized carbons (Fsp3) is 0.444. The number of aromatic nitrogens is 2. The number of hydrogen-bond donors (Lipinski definition) is 1. The lowest BCUT2D eigenvalue weighted by molar-refractivity contribution is 0.892. The molecule has 0 saturated heterocycles. The van der Waals surface area contributed by atoms with Crippen molar-refractivity contribution in [3.63, 3.8) is 0 Å². The van der Waals surface area contributed by atoms with Crippen LogP contribution in [0.5, 0.6) is 0 Å². The number of nitrogens with zero attached hydrogens (tertiary/aromatic N) is 2. The lowest BCUT2D eigenvalue weighted by Crippen LogP contribution is -2.08. The highest BCUT2D eigenvalue weighted by Crippen LogP contribution is 2.28. The standard InChI is InChI=1S/C18H25N3/c1-5-7-16-17(15-10-13(3)9-14(4)11-15)20-12-21-18(16)19-8-6-2/h9-12H,5-8H2,1-4H3,(H,19,20,21). The van der Waals surface area contributed by atoms with Crippen molar-refractivity contribution in [2.45, 2.75) is 47.0 Å². The van der Waals surface area contributed by atoms with Gasteiger partial charge in [-0.1, -0.05) is 37.5 Å². The maximum atomic E-state index is 4.57. The lowest BCUT2D eigenvalue weighted by atomic mass is 9.99. The first-order valence-corrected chi connectivity index (χ1v) is 7.82. The number of hydrogen-bond acceptors (Lipinski definition) is 3. The number of benzene rings is 1. The third kappa shape index (κ3) is 3.81. The molecule has 0 spiro atoms. The highest BCUT2D eigenvalue weighted by Gasteiger charge is 2.12. The molecule has 0 aliphatic rings. The Morgan fingerprint density at radius 1 is 0.952 bits per heavy atom. The van der Waals surface area contributed by atoms with Crippen LogP contribution in [0.15, 0.2) is 24.5 Å². The topological polar surface area (TPSA) is 37.8 Å². The summed E-state index contributed by atoms with van der Waals surface area (Å²) in [6.07, 6.45) is 4.85. The summed E-state index contributed by atoms with van der Waals surface area (Å²) in [4.78, 5) is 9.01. The van der Waals surface area contributed by atoms with Crippen molar-refractivity contribution in [3.05, 3.63) is 41.2 Å². The van der Waals surface area contributed by atoms with Gasteiger partial charge in [0, 0.05) is 17.7 Å². The Morgan fingerprint density at radius 2 is 1.67 bits per heavy atom. The predicted octanol–water partition coefficient (Wildman–Crippen LogP) is 4.53. The van der Waals surface area contributed by atoms with Gasteiger partial charge in [-0.25, -0.2) is 9.97 Å². The minimum Gasteiger partial charge on any atom is -0.370 e. The van der Waals surface area contributed by atoms with Crippen LogP contribution >= 0.6 is 0 Å². The molecule has 1 aromatic heterocycles. The van der Waals surface area contributed by atoms with Gasteiger partial charge in [-0.2, -0.15) is 0 Å². The van der Waals surface area contributed by atoms with Crippen LogP contribution in [-0.4, -0.2) is 16.5 Å². The SMILES string of the molecule is CCCNc1ncnc(-c2cc(C)cc(C)c2)c1CCC. The van der Waals surface area contributed by atoms with E-state index in [4.69, 9.17) is 0 Å². The van der Waals surface area contributed by atoms with E-state index in [1.807, 2.05) is 0 Å². The molecule has 0 unspecified atom stereocenters. The molecule has 1 N–H and O–H groups in total. The highest BCUT2D eigenvalue weighted by molar-refractivity contribution is 5.69. The molecule has 2 aromatic rings. The Labute approximate surface area is 127 Å². The fourth-order valence-electron chi connectivity index (χ4n) is 2.66. The van der Waals surface area contributed by atoms with Crippen LogP contribution in [0.3, 0.4) is 0 Å². The summed E-state index contributed by atoms with van der Waals surface area (Å²) in [6, 6.07) is 6.61. The molecule has 3 nitrogen and oxygen atoms in total. The first kappa shape index (κ1) is 15.5. The Hall–Kier alpha value is -1.90. The second kappa shape index (κ2) is 7.21. The molecule has 0 aliphatic carbocycles. The van der Waals surface area contributed by atoms with Crippen molar-refractivity contribution in [2.24, 2.45) is 0 Å². The van der Waals surface area contributed by atoms with Gasteiger partial charge in [-0.05, 0) is 38.8 Å². The van der Waals surface area contributed by atoms with Gasteiger partial charge in [0.25, 0.3) is 0 Å². The van der Waals surface area contributed by atoms with E-state index in [-0.39, 0.29) is 0 Å². The number of rotatable bonds is 6. The van der Waals surface area contributed by atoms with Crippen LogP contribution in [0, 0.1) is 13.8 Å². The van der Waals surface area contributed by atoms with E-state index >= 15 is 0 Å². The zero-order chi connectivity index (χ0) is 15.2. The van der Waals surface area contributed by atoms with Crippen LogP contribution in [0.25, 0.3) is 11.3 Å². The molecule has 0 atom stereocenters. The molecule has 3 heteroatoms. The zero-order valence-electron chi connectivity index (χ0n) is 13.5. The summed E-state index contributed by atoms with van der Waals surface area (Å²) in [6.45, 7) is 9.57. The average Bonchev–Trinajstić information content (AvgIpc) is 2.45. The van der Waals surface area contributed by atoms with Crippen molar-refractivity contribution in [1.82, 2.24) is 9.97 Å². The van der Waals surface area contributed by atoms with Crippen LogP contribution in [-0.2, 0) is 6.42 Å². The number of nitrogens with one attached hydrogen (secondary N) is 1. The molecule has 112 valence electrons. The van der Waals surface area contributed by atoms with E-state index in [1.165, 1.54) is 22.3 Å². The van der Waals surface area contributed by atoms with Crippen molar-refractivity contribution >= 4 is 5.82 Å². The third-order valence-corrected chi connectivity index (χ3v) is 3.48. The average molecular weight is 283 g/mol. The molecular formula is C18H25N3. The van der Waals surface area contributed by atoms with Crippen molar-refractivity contribution in [3.8, 4) is 11.3 Å². The van der Waals surface area contributed by atoms with E-state index in [1.54, 1.807) is 6.33 Å². The van der Waals surface area contributed by atoms with Crippen molar-refractivity contribution < 1.29 is 0 Å². The van der Waals surface area contributed by atoms with Gasteiger partial charge in [0.1, 0.15) is 12.1 Å². The molecule has 2 rings (SSSR count). The maximum absolute atomic E-state index is 4.57. The molecule has 0 bridgehead atoms. The third-order valence-electron chi connectivity index (χ3n) is 3.48. The monoisotopic (exact) mass is 283 g/mol. The Balaban J connectivity index is 2.50. The molecular weight excluding hydrogens is 258 g/mol.